The highest BCUT2D eigenvalue weighted by Crippen LogP contribution is 2.27. The largest absolute Gasteiger partial charge is 0.369 e. The molecule has 27 heavy (non-hydrogen) atoms. The lowest BCUT2D eigenvalue weighted by Gasteiger charge is -2.35. The minimum absolute atomic E-state index is 0.0725. The molecule has 1 aliphatic heterocycles. The van der Waals surface area contributed by atoms with E-state index in [0.29, 0.717) is 5.56 Å². The van der Waals surface area contributed by atoms with E-state index in [-0.39, 0.29) is 5.91 Å². The number of benzene rings is 2. The topological polar surface area (TPSA) is 51.4 Å². The number of nitrogens with zero attached hydrogens (tertiary/aromatic N) is 2. The van der Waals surface area contributed by atoms with Gasteiger partial charge in [0.25, 0.3) is 5.91 Å². The number of rotatable bonds is 3. The number of H-pyrrole nitrogens is 1. The molecule has 1 fully saturated rings. The average molecular weight is 362 g/mol. The molecule has 1 saturated heterocycles. The Labute approximate surface area is 160 Å². The van der Waals surface area contributed by atoms with Crippen LogP contribution in [-0.4, -0.2) is 49.0 Å². The van der Waals surface area contributed by atoms with Gasteiger partial charge in [0.1, 0.15) is 0 Å². The molecular formula is C22H26N4O. The molecule has 140 valence electrons. The van der Waals surface area contributed by atoms with Gasteiger partial charge < -0.3 is 20.1 Å². The Morgan fingerprint density at radius 1 is 1.04 bits per heavy atom. The summed E-state index contributed by atoms with van der Waals surface area (Å²) in [6, 6.07) is 14.1. The number of aromatic nitrogens is 1. The van der Waals surface area contributed by atoms with E-state index in [1.54, 1.807) is 0 Å². The number of para-hydroxylation sites is 1. The Balaban J connectivity index is 1.55. The molecule has 1 amide bonds. The van der Waals surface area contributed by atoms with Crippen LogP contribution in [0.25, 0.3) is 10.9 Å². The summed E-state index contributed by atoms with van der Waals surface area (Å²) in [5.41, 5.74) is 5.87. The number of aromatic amines is 1. The minimum Gasteiger partial charge on any atom is -0.369 e. The zero-order valence-electron chi connectivity index (χ0n) is 16.2. The summed E-state index contributed by atoms with van der Waals surface area (Å²) in [4.78, 5) is 21.0. The number of piperazine rings is 1. The van der Waals surface area contributed by atoms with Crippen molar-refractivity contribution in [2.24, 2.45) is 0 Å². The van der Waals surface area contributed by atoms with Crippen LogP contribution in [0, 0.1) is 13.8 Å². The number of likely N-dealkylation sites (N-methyl/N-ethyl adjacent to an activating group) is 1. The van der Waals surface area contributed by atoms with E-state index in [1.165, 1.54) is 11.3 Å². The number of fused-ring (bicyclic) bond motifs is 1. The molecular weight excluding hydrogens is 336 g/mol. The third-order valence-corrected chi connectivity index (χ3v) is 5.42. The van der Waals surface area contributed by atoms with E-state index in [1.807, 2.05) is 37.3 Å². The van der Waals surface area contributed by atoms with Gasteiger partial charge >= 0.3 is 0 Å². The monoisotopic (exact) mass is 362 g/mol. The molecule has 0 atom stereocenters. The lowest BCUT2D eigenvalue weighted by molar-refractivity contribution is 0.102. The summed E-state index contributed by atoms with van der Waals surface area (Å²) < 4.78 is 0. The second-order valence-corrected chi connectivity index (χ2v) is 7.42. The van der Waals surface area contributed by atoms with Crippen molar-refractivity contribution >= 4 is 28.2 Å². The van der Waals surface area contributed by atoms with Crippen LogP contribution in [0.2, 0.25) is 0 Å². The number of carbonyl (C=O) groups excluding carboxylic acids is 1. The second-order valence-electron chi connectivity index (χ2n) is 7.42. The Bertz CT molecular complexity index is 983. The number of aryl methyl sites for hydroxylation is 2. The maximum Gasteiger partial charge on any atom is 0.258 e. The smallest absolute Gasteiger partial charge is 0.258 e. The van der Waals surface area contributed by atoms with Gasteiger partial charge in [-0.15, -0.1) is 0 Å². The average Bonchev–Trinajstić information content (AvgIpc) is 2.98. The molecule has 4 rings (SSSR count). The summed E-state index contributed by atoms with van der Waals surface area (Å²) in [6.45, 7) is 8.29. The SMILES string of the molecule is Cc1cc(NC(=O)c2c(C)[nH]c3ccccc23)ccc1N1CCN(C)CC1. The van der Waals surface area contributed by atoms with Crippen LogP contribution in [-0.2, 0) is 0 Å². The summed E-state index contributed by atoms with van der Waals surface area (Å²) in [5, 5.41) is 4.03. The Hall–Kier alpha value is -2.79. The first-order valence-corrected chi connectivity index (χ1v) is 9.46. The zero-order valence-corrected chi connectivity index (χ0v) is 16.2. The quantitative estimate of drug-likeness (QED) is 0.745. The fourth-order valence-corrected chi connectivity index (χ4v) is 3.90. The van der Waals surface area contributed by atoms with Crippen LogP contribution < -0.4 is 10.2 Å². The van der Waals surface area contributed by atoms with E-state index in [4.69, 9.17) is 0 Å². The van der Waals surface area contributed by atoms with Crippen LogP contribution in [0.1, 0.15) is 21.6 Å². The summed E-state index contributed by atoms with van der Waals surface area (Å²) >= 11 is 0. The Morgan fingerprint density at radius 3 is 2.52 bits per heavy atom. The number of anilines is 2. The molecule has 2 heterocycles. The predicted octanol–water partition coefficient (Wildman–Crippen LogP) is 3.79. The molecule has 1 aliphatic rings. The molecule has 1 aromatic heterocycles. The number of hydrogen-bond acceptors (Lipinski definition) is 3. The van der Waals surface area contributed by atoms with Crippen molar-refractivity contribution in [3.63, 3.8) is 0 Å². The molecule has 5 nitrogen and oxygen atoms in total. The normalized spacial score (nSPS) is 15.3. The molecule has 5 heteroatoms. The zero-order chi connectivity index (χ0) is 19.0. The highest BCUT2D eigenvalue weighted by molar-refractivity contribution is 6.14. The predicted molar refractivity (Wildman–Crippen MR) is 112 cm³/mol. The lowest BCUT2D eigenvalue weighted by Crippen LogP contribution is -2.44. The van der Waals surface area contributed by atoms with Crippen molar-refractivity contribution in [2.75, 3.05) is 43.4 Å². The van der Waals surface area contributed by atoms with E-state index in [9.17, 15) is 4.79 Å². The Kier molecular flexibility index (Phi) is 4.62. The summed E-state index contributed by atoms with van der Waals surface area (Å²) in [5.74, 6) is -0.0725. The third kappa shape index (κ3) is 3.43. The minimum atomic E-state index is -0.0725. The number of hydrogen-bond donors (Lipinski definition) is 2. The van der Waals surface area contributed by atoms with Gasteiger partial charge in [-0.05, 0) is 50.7 Å². The van der Waals surface area contributed by atoms with E-state index in [0.717, 1.165) is 48.5 Å². The summed E-state index contributed by atoms with van der Waals surface area (Å²) in [6.07, 6.45) is 0. The van der Waals surface area contributed by atoms with E-state index >= 15 is 0 Å². The summed E-state index contributed by atoms with van der Waals surface area (Å²) in [7, 11) is 2.16. The van der Waals surface area contributed by atoms with Gasteiger partial charge in [0.05, 0.1) is 5.56 Å². The van der Waals surface area contributed by atoms with Crippen LogP contribution in [0.15, 0.2) is 42.5 Å². The fourth-order valence-electron chi connectivity index (χ4n) is 3.90. The van der Waals surface area contributed by atoms with E-state index < -0.39 is 0 Å². The van der Waals surface area contributed by atoms with Crippen molar-refractivity contribution in [2.45, 2.75) is 13.8 Å². The third-order valence-electron chi connectivity index (χ3n) is 5.42. The first kappa shape index (κ1) is 17.6. The molecule has 0 bridgehead atoms. The molecule has 3 aromatic rings. The molecule has 2 aromatic carbocycles. The van der Waals surface area contributed by atoms with Crippen molar-refractivity contribution in [3.05, 3.63) is 59.3 Å². The molecule has 2 N–H and O–H groups in total. The number of amides is 1. The Morgan fingerprint density at radius 2 is 1.78 bits per heavy atom. The van der Waals surface area contributed by atoms with Crippen LogP contribution in [0.3, 0.4) is 0 Å². The standard InChI is InChI=1S/C22H26N4O/c1-15-14-17(8-9-20(15)26-12-10-25(3)11-13-26)24-22(27)21-16(2)23-19-7-5-4-6-18(19)21/h4-9,14,23H,10-13H2,1-3H3,(H,24,27). The van der Waals surface area contributed by atoms with Gasteiger partial charge in [-0.3, -0.25) is 4.79 Å². The number of carbonyl (C=O) groups is 1. The van der Waals surface area contributed by atoms with E-state index in [2.05, 4.69) is 46.2 Å². The molecule has 0 spiro atoms. The van der Waals surface area contributed by atoms with Gasteiger partial charge in [-0.25, -0.2) is 0 Å². The molecule has 0 saturated carbocycles. The maximum absolute atomic E-state index is 12.9. The first-order valence-electron chi connectivity index (χ1n) is 9.46. The molecule has 0 aliphatic carbocycles. The maximum atomic E-state index is 12.9. The highest BCUT2D eigenvalue weighted by Gasteiger charge is 2.18. The van der Waals surface area contributed by atoms with Crippen LogP contribution in [0.5, 0.6) is 0 Å². The molecule has 0 unspecified atom stereocenters. The first-order chi connectivity index (χ1) is 13.0. The number of nitrogens with one attached hydrogen (secondary N) is 2. The lowest BCUT2D eigenvalue weighted by atomic mass is 10.1. The van der Waals surface area contributed by atoms with Crippen LogP contribution in [0.4, 0.5) is 11.4 Å². The van der Waals surface area contributed by atoms with Crippen molar-refractivity contribution < 1.29 is 4.79 Å². The van der Waals surface area contributed by atoms with Crippen molar-refractivity contribution in [3.8, 4) is 0 Å². The fraction of sp³-hybridized carbons (Fsp3) is 0.318. The van der Waals surface area contributed by atoms with Gasteiger partial charge in [0.2, 0.25) is 0 Å². The molecule has 0 radical (unpaired) electrons. The van der Waals surface area contributed by atoms with Crippen molar-refractivity contribution in [1.29, 1.82) is 0 Å². The van der Waals surface area contributed by atoms with Crippen LogP contribution >= 0.6 is 0 Å². The van der Waals surface area contributed by atoms with Gasteiger partial charge in [0, 0.05) is 54.2 Å². The van der Waals surface area contributed by atoms with Gasteiger partial charge in [-0.2, -0.15) is 0 Å². The van der Waals surface area contributed by atoms with Gasteiger partial charge in [-0.1, -0.05) is 18.2 Å². The van der Waals surface area contributed by atoms with Crippen molar-refractivity contribution in [1.82, 2.24) is 9.88 Å². The van der Waals surface area contributed by atoms with Gasteiger partial charge in [0.15, 0.2) is 0 Å². The highest BCUT2D eigenvalue weighted by atomic mass is 16.1. The second kappa shape index (κ2) is 7.08.